The van der Waals surface area contributed by atoms with Crippen LogP contribution in [0.25, 0.3) is 11.7 Å². The van der Waals surface area contributed by atoms with E-state index in [4.69, 9.17) is 8.83 Å². The van der Waals surface area contributed by atoms with E-state index in [1.54, 1.807) is 18.4 Å². The van der Waals surface area contributed by atoms with Crippen LogP contribution in [0.4, 0.5) is 0 Å². The minimum atomic E-state index is -0.339. The zero-order valence-corrected chi connectivity index (χ0v) is 15.2. The highest BCUT2D eigenvalue weighted by molar-refractivity contribution is 8.00. The third kappa shape index (κ3) is 3.53. The zero-order chi connectivity index (χ0) is 17.9. The van der Waals surface area contributed by atoms with Gasteiger partial charge >= 0.3 is 0 Å². The number of nitrogens with one attached hydrogen (secondary N) is 1. The lowest BCUT2D eigenvalue weighted by Gasteiger charge is -2.27. The fourth-order valence-corrected chi connectivity index (χ4v) is 3.85. The molecule has 2 atom stereocenters. The molecule has 0 saturated carbocycles. The van der Waals surface area contributed by atoms with Gasteiger partial charge in [-0.2, -0.15) is 0 Å². The van der Waals surface area contributed by atoms with E-state index in [2.05, 4.69) is 27.6 Å². The Morgan fingerprint density at radius 1 is 1.27 bits per heavy atom. The molecule has 2 unspecified atom stereocenters. The quantitative estimate of drug-likeness (QED) is 0.685. The Balaban J connectivity index is 1.40. The van der Waals surface area contributed by atoms with Gasteiger partial charge in [-0.05, 0) is 49.4 Å². The summed E-state index contributed by atoms with van der Waals surface area (Å²) in [6, 6.07) is 11.9. The molecule has 1 aliphatic rings. The van der Waals surface area contributed by atoms with Crippen LogP contribution in [0, 0.1) is 0 Å². The summed E-state index contributed by atoms with van der Waals surface area (Å²) in [6.07, 6.45) is 4.66. The summed E-state index contributed by atoms with van der Waals surface area (Å²) in [4.78, 5) is 12.6. The van der Waals surface area contributed by atoms with Crippen molar-refractivity contribution in [1.29, 1.82) is 0 Å². The highest BCUT2D eigenvalue weighted by atomic mass is 32.2. The Morgan fingerprint density at radius 2 is 2.15 bits per heavy atom. The number of carbonyl (C=O) groups excluding carboxylic acids is 1. The lowest BCUT2D eigenvalue weighted by Crippen LogP contribution is -2.35. The number of nitrogens with zero attached hydrogens (tertiary/aromatic N) is 2. The van der Waals surface area contributed by atoms with E-state index in [0.717, 1.165) is 19.3 Å². The fraction of sp³-hybridized carbons (Fsp3) is 0.316. The SMILES string of the molecule is CC(Sc1nnc(-c2ccco2)o1)C(=O)NC1CCCc2ccccc21. The summed E-state index contributed by atoms with van der Waals surface area (Å²) in [5, 5.41) is 11.1. The standard InChI is InChI=1S/C19H19N3O3S/c1-12(26-19-22-21-18(25-19)16-10-5-11-24-16)17(23)20-15-9-4-7-13-6-2-3-8-14(13)15/h2-3,5-6,8,10-12,15H,4,7,9H2,1H3,(H,20,23). The first-order chi connectivity index (χ1) is 12.7. The molecule has 2 aromatic heterocycles. The molecule has 0 spiro atoms. The van der Waals surface area contributed by atoms with Crippen molar-refractivity contribution in [3.05, 3.63) is 53.8 Å². The molecule has 7 heteroatoms. The smallest absolute Gasteiger partial charge is 0.284 e. The Kier molecular flexibility index (Phi) is 4.79. The first kappa shape index (κ1) is 16.9. The van der Waals surface area contributed by atoms with Gasteiger partial charge in [-0.25, -0.2) is 0 Å². The van der Waals surface area contributed by atoms with Gasteiger partial charge in [0.05, 0.1) is 17.6 Å². The van der Waals surface area contributed by atoms with E-state index in [1.807, 2.05) is 19.1 Å². The van der Waals surface area contributed by atoms with E-state index in [-0.39, 0.29) is 17.2 Å². The van der Waals surface area contributed by atoms with Gasteiger partial charge in [0.25, 0.3) is 11.1 Å². The number of hydrogen-bond donors (Lipinski definition) is 1. The molecule has 26 heavy (non-hydrogen) atoms. The number of amides is 1. The molecule has 0 aliphatic heterocycles. The Bertz CT molecular complexity index is 891. The van der Waals surface area contributed by atoms with Crippen LogP contribution in [0.15, 0.2) is 56.7 Å². The van der Waals surface area contributed by atoms with Gasteiger partial charge in [-0.15, -0.1) is 10.2 Å². The lowest BCUT2D eigenvalue weighted by molar-refractivity contribution is -0.121. The van der Waals surface area contributed by atoms with Crippen LogP contribution in [-0.2, 0) is 11.2 Å². The minimum absolute atomic E-state index is 0.0329. The van der Waals surface area contributed by atoms with E-state index >= 15 is 0 Å². The number of carbonyl (C=O) groups is 1. The fourth-order valence-electron chi connectivity index (χ4n) is 3.15. The molecule has 0 saturated heterocycles. The largest absolute Gasteiger partial charge is 0.459 e. The van der Waals surface area contributed by atoms with Crippen molar-refractivity contribution in [3.8, 4) is 11.7 Å². The molecule has 1 aromatic carbocycles. The van der Waals surface area contributed by atoms with Crippen molar-refractivity contribution in [2.45, 2.75) is 42.7 Å². The Morgan fingerprint density at radius 3 is 3.00 bits per heavy atom. The lowest BCUT2D eigenvalue weighted by atomic mass is 9.88. The van der Waals surface area contributed by atoms with Gasteiger partial charge < -0.3 is 14.2 Å². The van der Waals surface area contributed by atoms with Gasteiger partial charge in [-0.1, -0.05) is 36.0 Å². The van der Waals surface area contributed by atoms with Gasteiger partial charge in [0.1, 0.15) is 0 Å². The van der Waals surface area contributed by atoms with Gasteiger partial charge in [0.15, 0.2) is 5.76 Å². The second kappa shape index (κ2) is 7.37. The average molecular weight is 369 g/mol. The van der Waals surface area contributed by atoms with Crippen molar-refractivity contribution in [2.75, 3.05) is 0 Å². The number of aromatic nitrogens is 2. The van der Waals surface area contributed by atoms with Crippen molar-refractivity contribution in [3.63, 3.8) is 0 Å². The maximum atomic E-state index is 12.6. The Hall–Kier alpha value is -2.54. The second-order valence-electron chi connectivity index (χ2n) is 6.26. The molecule has 6 nitrogen and oxygen atoms in total. The van der Waals surface area contributed by atoms with Crippen LogP contribution in [0.2, 0.25) is 0 Å². The van der Waals surface area contributed by atoms with E-state index < -0.39 is 0 Å². The minimum Gasteiger partial charge on any atom is -0.459 e. The number of benzene rings is 1. The summed E-state index contributed by atoms with van der Waals surface area (Å²) in [6.45, 7) is 1.84. The second-order valence-corrected chi connectivity index (χ2v) is 7.55. The highest BCUT2D eigenvalue weighted by Gasteiger charge is 2.25. The molecule has 0 radical (unpaired) electrons. The third-order valence-electron chi connectivity index (χ3n) is 4.47. The third-order valence-corrected chi connectivity index (χ3v) is 5.41. The van der Waals surface area contributed by atoms with E-state index in [1.165, 1.54) is 22.9 Å². The number of fused-ring (bicyclic) bond motifs is 1. The van der Waals surface area contributed by atoms with Crippen LogP contribution in [0.5, 0.6) is 0 Å². The van der Waals surface area contributed by atoms with Gasteiger partial charge in [0.2, 0.25) is 5.91 Å². The average Bonchev–Trinajstić information content (AvgIpc) is 3.33. The molecular formula is C19H19N3O3S. The summed E-state index contributed by atoms with van der Waals surface area (Å²) in [5.41, 5.74) is 2.55. The number of thioether (sulfide) groups is 1. The topological polar surface area (TPSA) is 81.2 Å². The molecule has 0 fully saturated rings. The van der Waals surface area contributed by atoms with Crippen LogP contribution >= 0.6 is 11.8 Å². The van der Waals surface area contributed by atoms with Crippen LogP contribution < -0.4 is 5.32 Å². The number of rotatable bonds is 5. The molecule has 2 heterocycles. The maximum Gasteiger partial charge on any atom is 0.284 e. The first-order valence-corrected chi connectivity index (χ1v) is 9.51. The van der Waals surface area contributed by atoms with Crippen molar-refractivity contribution < 1.29 is 13.6 Å². The molecule has 1 amide bonds. The van der Waals surface area contributed by atoms with E-state index in [9.17, 15) is 4.79 Å². The molecular weight excluding hydrogens is 350 g/mol. The first-order valence-electron chi connectivity index (χ1n) is 8.63. The van der Waals surface area contributed by atoms with Crippen molar-refractivity contribution in [1.82, 2.24) is 15.5 Å². The van der Waals surface area contributed by atoms with Crippen molar-refractivity contribution in [2.24, 2.45) is 0 Å². The summed E-state index contributed by atoms with van der Waals surface area (Å²) in [5.74, 6) is 0.793. The van der Waals surface area contributed by atoms with Gasteiger partial charge in [-0.3, -0.25) is 4.79 Å². The molecule has 4 rings (SSSR count). The van der Waals surface area contributed by atoms with Crippen LogP contribution in [0.1, 0.15) is 36.9 Å². The van der Waals surface area contributed by atoms with E-state index in [0.29, 0.717) is 16.9 Å². The molecule has 1 N–H and O–H groups in total. The normalized spacial score (nSPS) is 17.5. The molecule has 1 aliphatic carbocycles. The highest BCUT2D eigenvalue weighted by Crippen LogP contribution is 2.31. The summed E-state index contributed by atoms with van der Waals surface area (Å²) >= 11 is 1.25. The van der Waals surface area contributed by atoms with Crippen LogP contribution in [0.3, 0.4) is 0 Å². The zero-order valence-electron chi connectivity index (χ0n) is 14.3. The predicted molar refractivity (Wildman–Crippen MR) is 97.6 cm³/mol. The predicted octanol–water partition coefficient (Wildman–Crippen LogP) is 4.00. The maximum absolute atomic E-state index is 12.6. The number of furan rings is 1. The summed E-state index contributed by atoms with van der Waals surface area (Å²) in [7, 11) is 0. The Labute approximate surface area is 155 Å². The molecule has 3 aromatic rings. The number of hydrogen-bond acceptors (Lipinski definition) is 6. The van der Waals surface area contributed by atoms with Gasteiger partial charge in [0, 0.05) is 0 Å². The summed E-state index contributed by atoms with van der Waals surface area (Å²) < 4.78 is 10.8. The molecule has 0 bridgehead atoms. The number of aryl methyl sites for hydroxylation is 1. The monoisotopic (exact) mass is 369 g/mol. The van der Waals surface area contributed by atoms with Crippen molar-refractivity contribution >= 4 is 17.7 Å². The molecule has 134 valence electrons. The van der Waals surface area contributed by atoms with Crippen LogP contribution in [-0.4, -0.2) is 21.4 Å².